The summed E-state index contributed by atoms with van der Waals surface area (Å²) in [5.74, 6) is 0. The highest BCUT2D eigenvalue weighted by Crippen LogP contribution is 2.31. The number of nitrogens with zero attached hydrogens (tertiary/aromatic N) is 1. The zero-order valence-electron chi connectivity index (χ0n) is 12.6. The number of rotatable bonds is 3. The number of benzene rings is 1. The van der Waals surface area contributed by atoms with Crippen LogP contribution in [0, 0.1) is 0 Å². The Morgan fingerprint density at radius 3 is 2.41 bits per heavy atom. The molecule has 0 saturated carbocycles. The summed E-state index contributed by atoms with van der Waals surface area (Å²) in [4.78, 5) is 2.14. The number of hydrogen-bond acceptors (Lipinski definition) is 3. The average Bonchev–Trinajstić information content (AvgIpc) is 2.45. The lowest BCUT2D eigenvalue weighted by Gasteiger charge is -2.42. The van der Waals surface area contributed by atoms with E-state index in [1.54, 1.807) is 0 Å². The first-order valence-corrected chi connectivity index (χ1v) is 7.10. The van der Waals surface area contributed by atoms with Gasteiger partial charge < -0.3 is 10.4 Å². The van der Waals surface area contributed by atoms with Gasteiger partial charge in [-0.3, -0.25) is 4.90 Å². The Bertz CT molecular complexity index is 467. The van der Waals surface area contributed by atoms with Crippen molar-refractivity contribution in [2.75, 3.05) is 19.7 Å². The first-order chi connectivity index (χ1) is 9.82. The van der Waals surface area contributed by atoms with Crippen molar-refractivity contribution in [3.63, 3.8) is 0 Å². The minimum Gasteiger partial charge on any atom is -0.395 e. The van der Waals surface area contributed by atoms with Crippen LogP contribution in [0.2, 0.25) is 0 Å². The zero-order chi connectivity index (χ0) is 15.6. The van der Waals surface area contributed by atoms with Crippen molar-refractivity contribution >= 4 is 12.4 Å². The molecule has 0 aromatic heterocycles. The number of aliphatic hydroxyl groups is 1. The van der Waals surface area contributed by atoms with Crippen molar-refractivity contribution in [2.24, 2.45) is 0 Å². The van der Waals surface area contributed by atoms with E-state index in [0.717, 1.165) is 24.2 Å². The number of aliphatic hydroxyl groups excluding tert-OH is 1. The molecule has 1 aromatic rings. The molecular formula is C15H22ClF3N2O. The molecule has 22 heavy (non-hydrogen) atoms. The molecule has 1 aliphatic heterocycles. The maximum atomic E-state index is 12.6. The molecular weight excluding hydrogens is 317 g/mol. The predicted molar refractivity (Wildman–Crippen MR) is 82.2 cm³/mol. The van der Waals surface area contributed by atoms with E-state index in [1.165, 1.54) is 12.1 Å². The monoisotopic (exact) mass is 338 g/mol. The van der Waals surface area contributed by atoms with Crippen molar-refractivity contribution in [3.8, 4) is 0 Å². The summed E-state index contributed by atoms with van der Waals surface area (Å²) in [6, 6.07) is 5.53. The first kappa shape index (κ1) is 19.2. The second-order valence-corrected chi connectivity index (χ2v) is 5.64. The Balaban J connectivity index is 0.00000242. The summed E-state index contributed by atoms with van der Waals surface area (Å²) < 4.78 is 37.8. The van der Waals surface area contributed by atoms with Crippen LogP contribution in [0.3, 0.4) is 0 Å². The van der Waals surface area contributed by atoms with Crippen molar-refractivity contribution in [3.05, 3.63) is 35.4 Å². The van der Waals surface area contributed by atoms with Crippen LogP contribution in [0.25, 0.3) is 0 Å². The molecule has 2 rings (SSSR count). The van der Waals surface area contributed by atoms with Crippen LogP contribution in [0.4, 0.5) is 13.2 Å². The van der Waals surface area contributed by atoms with E-state index < -0.39 is 11.7 Å². The molecule has 126 valence electrons. The molecule has 0 bridgehead atoms. The van der Waals surface area contributed by atoms with E-state index in [2.05, 4.69) is 17.1 Å². The van der Waals surface area contributed by atoms with Crippen molar-refractivity contribution < 1.29 is 18.3 Å². The second kappa shape index (κ2) is 7.64. The Kier molecular flexibility index (Phi) is 6.67. The van der Waals surface area contributed by atoms with Gasteiger partial charge in [-0.15, -0.1) is 12.4 Å². The number of halogens is 4. The zero-order valence-corrected chi connectivity index (χ0v) is 13.4. The van der Waals surface area contributed by atoms with Gasteiger partial charge in [0, 0.05) is 31.2 Å². The van der Waals surface area contributed by atoms with E-state index in [-0.39, 0.29) is 31.1 Å². The van der Waals surface area contributed by atoms with E-state index in [9.17, 15) is 18.3 Å². The van der Waals surface area contributed by atoms with Crippen LogP contribution in [0.15, 0.2) is 24.3 Å². The molecule has 1 unspecified atom stereocenters. The van der Waals surface area contributed by atoms with Crippen LogP contribution in [0.1, 0.15) is 31.0 Å². The lowest BCUT2D eigenvalue weighted by Crippen LogP contribution is -2.57. The smallest absolute Gasteiger partial charge is 0.395 e. The van der Waals surface area contributed by atoms with Gasteiger partial charge in [-0.2, -0.15) is 13.2 Å². The van der Waals surface area contributed by atoms with E-state index in [4.69, 9.17) is 0 Å². The van der Waals surface area contributed by atoms with E-state index in [1.807, 2.05) is 6.92 Å². The van der Waals surface area contributed by atoms with Gasteiger partial charge in [-0.25, -0.2) is 0 Å². The predicted octanol–water partition coefficient (Wildman–Crippen LogP) is 2.84. The minimum atomic E-state index is -4.31. The van der Waals surface area contributed by atoms with E-state index >= 15 is 0 Å². The molecule has 1 aromatic carbocycles. The lowest BCUT2D eigenvalue weighted by molar-refractivity contribution is -0.137. The highest BCUT2D eigenvalue weighted by molar-refractivity contribution is 5.85. The molecule has 3 nitrogen and oxygen atoms in total. The van der Waals surface area contributed by atoms with Crippen molar-refractivity contribution in [1.29, 1.82) is 0 Å². The Labute approximate surface area is 134 Å². The van der Waals surface area contributed by atoms with Crippen LogP contribution in [-0.4, -0.2) is 41.8 Å². The Morgan fingerprint density at radius 2 is 1.91 bits per heavy atom. The van der Waals surface area contributed by atoms with Gasteiger partial charge in [0.15, 0.2) is 0 Å². The standard InChI is InChI=1S/C15H21F3N2O.ClH/c1-10-8-20(14(9-21)7-19-10)11(2)12-3-5-13(6-4-12)15(16,17)18;/h3-6,10-11,14,19,21H,7-9H2,1-2H3;1H/t10-,11?,14-;/m0./s1. The Morgan fingerprint density at radius 1 is 1.32 bits per heavy atom. The summed E-state index contributed by atoms with van der Waals surface area (Å²) >= 11 is 0. The van der Waals surface area contributed by atoms with Gasteiger partial charge in [-0.05, 0) is 31.5 Å². The first-order valence-electron chi connectivity index (χ1n) is 7.10. The second-order valence-electron chi connectivity index (χ2n) is 5.64. The number of hydrogen-bond donors (Lipinski definition) is 2. The maximum absolute atomic E-state index is 12.6. The highest BCUT2D eigenvalue weighted by Gasteiger charge is 2.32. The SMILES string of the molecule is CC(c1ccc(C(F)(F)F)cc1)N1C[C@H](C)NC[C@H]1CO.Cl. The molecule has 7 heteroatoms. The number of piperazine rings is 1. The van der Waals surface area contributed by atoms with Gasteiger partial charge in [-0.1, -0.05) is 12.1 Å². The molecule has 2 N–H and O–H groups in total. The molecule has 0 amide bonds. The van der Waals surface area contributed by atoms with Gasteiger partial charge >= 0.3 is 6.18 Å². The molecule has 0 aliphatic carbocycles. The van der Waals surface area contributed by atoms with Gasteiger partial charge in [0.05, 0.1) is 12.2 Å². The highest BCUT2D eigenvalue weighted by atomic mass is 35.5. The Hall–Kier alpha value is -0.820. The van der Waals surface area contributed by atoms with Crippen LogP contribution >= 0.6 is 12.4 Å². The summed E-state index contributed by atoms with van der Waals surface area (Å²) in [6.07, 6.45) is -4.31. The minimum absolute atomic E-state index is 0. The van der Waals surface area contributed by atoms with Crippen molar-refractivity contribution in [1.82, 2.24) is 10.2 Å². The molecule has 0 spiro atoms. The summed E-state index contributed by atoms with van der Waals surface area (Å²) in [5, 5.41) is 12.8. The van der Waals surface area contributed by atoms with Crippen LogP contribution < -0.4 is 5.32 Å². The summed E-state index contributed by atoms with van der Waals surface area (Å²) in [5.41, 5.74) is 0.196. The molecule has 1 aliphatic rings. The van der Waals surface area contributed by atoms with Gasteiger partial charge in [0.2, 0.25) is 0 Å². The number of alkyl halides is 3. The normalized spacial score (nSPS) is 24.6. The molecule has 3 atom stereocenters. The fourth-order valence-corrected chi connectivity index (χ4v) is 2.77. The molecule has 1 saturated heterocycles. The third-order valence-electron chi connectivity index (χ3n) is 4.08. The quantitative estimate of drug-likeness (QED) is 0.889. The number of nitrogens with one attached hydrogen (secondary N) is 1. The fraction of sp³-hybridized carbons (Fsp3) is 0.600. The van der Waals surface area contributed by atoms with Gasteiger partial charge in [0.1, 0.15) is 0 Å². The van der Waals surface area contributed by atoms with Crippen LogP contribution in [0.5, 0.6) is 0 Å². The molecule has 1 heterocycles. The topological polar surface area (TPSA) is 35.5 Å². The molecule has 0 radical (unpaired) electrons. The maximum Gasteiger partial charge on any atom is 0.416 e. The summed E-state index contributed by atoms with van der Waals surface area (Å²) in [6.45, 7) is 5.49. The van der Waals surface area contributed by atoms with Crippen LogP contribution in [-0.2, 0) is 6.18 Å². The molecule has 1 fully saturated rings. The summed E-state index contributed by atoms with van der Waals surface area (Å²) in [7, 11) is 0. The van der Waals surface area contributed by atoms with Crippen molar-refractivity contribution in [2.45, 2.75) is 38.1 Å². The average molecular weight is 339 g/mol. The fourth-order valence-electron chi connectivity index (χ4n) is 2.77. The van der Waals surface area contributed by atoms with E-state index in [0.29, 0.717) is 12.6 Å². The third-order valence-corrected chi connectivity index (χ3v) is 4.08. The third kappa shape index (κ3) is 4.35. The van der Waals surface area contributed by atoms with Gasteiger partial charge in [0.25, 0.3) is 0 Å². The largest absolute Gasteiger partial charge is 0.416 e. The lowest BCUT2D eigenvalue weighted by atomic mass is 10.0.